The van der Waals surface area contributed by atoms with Gasteiger partial charge in [0.05, 0.1) is 13.7 Å². The zero-order valence-electron chi connectivity index (χ0n) is 14.4. The minimum absolute atomic E-state index is 0.216. The Kier molecular flexibility index (Phi) is 5.55. The van der Waals surface area contributed by atoms with E-state index in [2.05, 4.69) is 10.6 Å². The zero-order chi connectivity index (χ0) is 17.7. The summed E-state index contributed by atoms with van der Waals surface area (Å²) >= 11 is 0. The average molecular weight is 348 g/mol. The zero-order valence-corrected chi connectivity index (χ0v) is 14.4. The number of carbonyl (C=O) groups is 2. The van der Waals surface area contributed by atoms with E-state index in [9.17, 15) is 9.59 Å². The van der Waals surface area contributed by atoms with Gasteiger partial charge in [-0.2, -0.15) is 0 Å². The quantitative estimate of drug-likeness (QED) is 0.811. The fourth-order valence-electron chi connectivity index (χ4n) is 3.25. The maximum Gasteiger partial charge on any atom is 0.313 e. The SMILES string of the molecule is COc1cccc(NC(=O)C(=O)NCC2COC3(CCCCC3)O2)c1. The van der Waals surface area contributed by atoms with Gasteiger partial charge in [-0.25, -0.2) is 0 Å². The Bertz CT molecular complexity index is 628. The number of nitrogens with one attached hydrogen (secondary N) is 2. The molecule has 1 spiro atoms. The van der Waals surface area contributed by atoms with Crippen molar-refractivity contribution in [3.8, 4) is 5.75 Å². The fourth-order valence-corrected chi connectivity index (χ4v) is 3.25. The number of hydrogen-bond acceptors (Lipinski definition) is 5. The van der Waals surface area contributed by atoms with Gasteiger partial charge < -0.3 is 24.8 Å². The summed E-state index contributed by atoms with van der Waals surface area (Å²) in [5.41, 5.74) is 0.501. The molecular weight excluding hydrogens is 324 g/mol. The number of benzene rings is 1. The molecule has 0 bridgehead atoms. The van der Waals surface area contributed by atoms with Gasteiger partial charge in [-0.15, -0.1) is 0 Å². The first kappa shape index (κ1) is 17.7. The highest BCUT2D eigenvalue weighted by molar-refractivity contribution is 6.39. The molecule has 7 nitrogen and oxygen atoms in total. The van der Waals surface area contributed by atoms with Gasteiger partial charge in [0.25, 0.3) is 0 Å². The summed E-state index contributed by atoms with van der Waals surface area (Å²) in [6.07, 6.45) is 4.98. The molecular formula is C18H24N2O5. The molecule has 136 valence electrons. The van der Waals surface area contributed by atoms with Crippen molar-refractivity contribution in [3.63, 3.8) is 0 Å². The van der Waals surface area contributed by atoms with Gasteiger partial charge in [-0.05, 0) is 25.0 Å². The van der Waals surface area contributed by atoms with E-state index in [-0.39, 0.29) is 12.6 Å². The lowest BCUT2D eigenvalue weighted by Gasteiger charge is -2.31. The molecule has 2 N–H and O–H groups in total. The van der Waals surface area contributed by atoms with Gasteiger partial charge in [0, 0.05) is 31.1 Å². The third-order valence-corrected chi connectivity index (χ3v) is 4.55. The summed E-state index contributed by atoms with van der Waals surface area (Å²) in [5, 5.41) is 5.15. The maximum atomic E-state index is 12.0. The van der Waals surface area contributed by atoms with Gasteiger partial charge >= 0.3 is 11.8 Å². The molecule has 1 saturated heterocycles. The summed E-state index contributed by atoms with van der Waals surface area (Å²) < 4.78 is 16.9. The van der Waals surface area contributed by atoms with E-state index in [0.29, 0.717) is 18.0 Å². The Hall–Kier alpha value is -2.12. The smallest absolute Gasteiger partial charge is 0.313 e. The van der Waals surface area contributed by atoms with Crippen molar-refractivity contribution < 1.29 is 23.8 Å². The van der Waals surface area contributed by atoms with E-state index >= 15 is 0 Å². The van der Waals surface area contributed by atoms with Crippen LogP contribution in [0.4, 0.5) is 5.69 Å². The Morgan fingerprint density at radius 1 is 1.24 bits per heavy atom. The van der Waals surface area contributed by atoms with Crippen LogP contribution in [0.3, 0.4) is 0 Å². The highest BCUT2D eigenvalue weighted by Crippen LogP contribution is 2.37. The predicted molar refractivity (Wildman–Crippen MR) is 91.3 cm³/mol. The topological polar surface area (TPSA) is 85.9 Å². The summed E-state index contributed by atoms with van der Waals surface area (Å²) in [6.45, 7) is 0.698. The molecule has 1 aliphatic carbocycles. The number of hydrogen-bond donors (Lipinski definition) is 2. The monoisotopic (exact) mass is 348 g/mol. The number of ether oxygens (including phenoxy) is 3. The largest absolute Gasteiger partial charge is 0.497 e. The van der Waals surface area contributed by atoms with Gasteiger partial charge in [0.2, 0.25) is 0 Å². The molecule has 1 unspecified atom stereocenters. The highest BCUT2D eigenvalue weighted by Gasteiger charge is 2.42. The molecule has 7 heteroatoms. The molecule has 25 heavy (non-hydrogen) atoms. The molecule has 3 rings (SSSR count). The van der Waals surface area contributed by atoms with E-state index in [1.807, 2.05) is 0 Å². The van der Waals surface area contributed by atoms with Crippen LogP contribution in [-0.2, 0) is 19.1 Å². The van der Waals surface area contributed by atoms with Crippen LogP contribution in [0.5, 0.6) is 5.75 Å². The minimum Gasteiger partial charge on any atom is -0.497 e. The maximum absolute atomic E-state index is 12.0. The molecule has 2 aliphatic rings. The lowest BCUT2D eigenvalue weighted by Crippen LogP contribution is -2.41. The molecule has 1 saturated carbocycles. The van der Waals surface area contributed by atoms with Crippen LogP contribution in [0.2, 0.25) is 0 Å². The van der Waals surface area contributed by atoms with Crippen molar-refractivity contribution in [2.45, 2.75) is 44.0 Å². The van der Waals surface area contributed by atoms with Crippen molar-refractivity contribution in [2.24, 2.45) is 0 Å². The molecule has 1 aromatic carbocycles. The van der Waals surface area contributed by atoms with Gasteiger partial charge in [-0.3, -0.25) is 9.59 Å². The normalized spacial score (nSPS) is 21.7. The molecule has 2 fully saturated rings. The molecule has 1 heterocycles. The standard InChI is InChI=1S/C18H24N2O5/c1-23-14-7-5-6-13(10-14)20-17(22)16(21)19-11-15-12-24-18(25-15)8-3-2-4-9-18/h5-7,10,15H,2-4,8-9,11-12H2,1H3,(H,19,21)(H,20,22). The first-order valence-corrected chi connectivity index (χ1v) is 8.65. The van der Waals surface area contributed by atoms with Gasteiger partial charge in [-0.1, -0.05) is 12.5 Å². The van der Waals surface area contributed by atoms with Crippen LogP contribution in [0.1, 0.15) is 32.1 Å². The van der Waals surface area contributed by atoms with Crippen LogP contribution < -0.4 is 15.4 Å². The summed E-state index contributed by atoms with van der Waals surface area (Å²) in [4.78, 5) is 24.0. The number of methoxy groups -OCH3 is 1. The molecule has 0 aromatic heterocycles. The Labute approximate surface area is 147 Å². The first-order valence-electron chi connectivity index (χ1n) is 8.65. The van der Waals surface area contributed by atoms with Crippen LogP contribution in [-0.4, -0.2) is 44.0 Å². The van der Waals surface area contributed by atoms with Crippen molar-refractivity contribution in [3.05, 3.63) is 24.3 Å². The van der Waals surface area contributed by atoms with E-state index < -0.39 is 17.6 Å². The second-order valence-corrected chi connectivity index (χ2v) is 6.42. The number of rotatable bonds is 4. The van der Waals surface area contributed by atoms with E-state index in [1.54, 1.807) is 24.3 Å². The summed E-state index contributed by atoms with van der Waals surface area (Å²) in [6, 6.07) is 6.83. The molecule has 0 radical (unpaired) electrons. The second kappa shape index (κ2) is 7.84. The van der Waals surface area contributed by atoms with Crippen LogP contribution in [0, 0.1) is 0 Å². The van der Waals surface area contributed by atoms with Crippen LogP contribution in [0.15, 0.2) is 24.3 Å². The average Bonchev–Trinajstić information content (AvgIpc) is 3.02. The Morgan fingerprint density at radius 3 is 2.80 bits per heavy atom. The van der Waals surface area contributed by atoms with Gasteiger partial charge in [0.15, 0.2) is 5.79 Å². The van der Waals surface area contributed by atoms with E-state index in [0.717, 1.165) is 25.7 Å². The van der Waals surface area contributed by atoms with Crippen molar-refractivity contribution >= 4 is 17.5 Å². The third-order valence-electron chi connectivity index (χ3n) is 4.55. The molecule has 2 amide bonds. The minimum atomic E-state index is -0.723. The van der Waals surface area contributed by atoms with Crippen LogP contribution in [0.25, 0.3) is 0 Å². The lowest BCUT2D eigenvalue weighted by atomic mass is 9.94. The second-order valence-electron chi connectivity index (χ2n) is 6.42. The molecule has 1 aromatic rings. The number of carbonyl (C=O) groups excluding carboxylic acids is 2. The van der Waals surface area contributed by atoms with Crippen molar-refractivity contribution in [1.29, 1.82) is 0 Å². The van der Waals surface area contributed by atoms with Crippen LogP contribution >= 0.6 is 0 Å². The summed E-state index contributed by atoms with van der Waals surface area (Å²) in [5.74, 6) is -1.29. The predicted octanol–water partition coefficient (Wildman–Crippen LogP) is 1.83. The highest BCUT2D eigenvalue weighted by atomic mass is 16.7. The molecule has 1 aliphatic heterocycles. The Morgan fingerprint density at radius 2 is 2.04 bits per heavy atom. The van der Waals surface area contributed by atoms with E-state index in [1.165, 1.54) is 13.5 Å². The lowest BCUT2D eigenvalue weighted by molar-refractivity contribution is -0.186. The fraction of sp³-hybridized carbons (Fsp3) is 0.556. The van der Waals surface area contributed by atoms with Crippen molar-refractivity contribution in [1.82, 2.24) is 5.32 Å². The van der Waals surface area contributed by atoms with E-state index in [4.69, 9.17) is 14.2 Å². The van der Waals surface area contributed by atoms with Crippen molar-refractivity contribution in [2.75, 3.05) is 25.6 Å². The molecule has 1 atom stereocenters. The number of amides is 2. The number of anilines is 1. The third kappa shape index (κ3) is 4.49. The first-order chi connectivity index (χ1) is 12.1. The van der Waals surface area contributed by atoms with Gasteiger partial charge in [0.1, 0.15) is 11.9 Å². The Balaban J connectivity index is 1.45. The summed E-state index contributed by atoms with van der Waals surface area (Å²) in [7, 11) is 1.54.